The van der Waals surface area contributed by atoms with Crippen LogP contribution in [0.2, 0.25) is 0 Å². The molecule has 0 aromatic heterocycles. The first-order valence-electron chi connectivity index (χ1n) is 9.07. The number of nitrogens with one attached hydrogen (secondary N) is 1. The van der Waals surface area contributed by atoms with Crippen LogP contribution < -0.4 is 5.32 Å². The lowest BCUT2D eigenvalue weighted by atomic mass is 10.2. The maximum Gasteiger partial charge on any atom is 0.319 e. The van der Waals surface area contributed by atoms with E-state index in [9.17, 15) is 23.2 Å². The summed E-state index contributed by atoms with van der Waals surface area (Å²) in [5.41, 5.74) is 0.802. The van der Waals surface area contributed by atoms with E-state index in [-0.39, 0.29) is 18.2 Å². The van der Waals surface area contributed by atoms with Gasteiger partial charge in [-0.25, -0.2) is 8.78 Å². The summed E-state index contributed by atoms with van der Waals surface area (Å²) in [5.74, 6) is -2.31. The largest absolute Gasteiger partial charge is 0.455 e. The topological polar surface area (TPSA) is 75.7 Å². The molecule has 0 saturated carbocycles. The maximum absolute atomic E-state index is 13.7. The fourth-order valence-corrected chi connectivity index (χ4v) is 3.01. The summed E-state index contributed by atoms with van der Waals surface area (Å²) >= 11 is 1.04. The second kappa shape index (κ2) is 11.3. The molecule has 0 aliphatic carbocycles. The van der Waals surface area contributed by atoms with Crippen molar-refractivity contribution in [1.82, 2.24) is 4.90 Å². The van der Waals surface area contributed by atoms with Gasteiger partial charge < -0.3 is 15.0 Å². The molecule has 30 heavy (non-hydrogen) atoms. The molecule has 1 atom stereocenters. The van der Waals surface area contributed by atoms with Crippen molar-refractivity contribution in [1.29, 1.82) is 0 Å². The van der Waals surface area contributed by atoms with Crippen LogP contribution in [0.15, 0.2) is 48.5 Å². The number of likely N-dealkylation sites (N-methyl/N-ethyl adjacent to an activating group) is 1. The number of rotatable bonds is 9. The van der Waals surface area contributed by atoms with Crippen LogP contribution in [0.4, 0.5) is 14.5 Å². The number of carbonyl (C=O) groups is 3. The second-order valence-electron chi connectivity index (χ2n) is 6.46. The molecule has 0 bridgehead atoms. The van der Waals surface area contributed by atoms with E-state index in [0.29, 0.717) is 11.3 Å². The summed E-state index contributed by atoms with van der Waals surface area (Å²) in [5, 5.41) is 1.91. The Morgan fingerprint density at radius 3 is 2.43 bits per heavy atom. The van der Waals surface area contributed by atoms with Crippen LogP contribution in [-0.2, 0) is 25.7 Å². The number of hydrogen-bond acceptors (Lipinski definition) is 5. The number of thioether (sulfide) groups is 1. The van der Waals surface area contributed by atoms with Gasteiger partial charge >= 0.3 is 5.97 Å². The van der Waals surface area contributed by atoms with Gasteiger partial charge in [0.2, 0.25) is 5.91 Å². The quantitative estimate of drug-likeness (QED) is 0.611. The summed E-state index contributed by atoms with van der Waals surface area (Å²) in [7, 11) is 1.49. The van der Waals surface area contributed by atoms with Gasteiger partial charge in [-0.1, -0.05) is 18.2 Å². The highest BCUT2D eigenvalue weighted by Crippen LogP contribution is 2.14. The molecule has 2 amide bonds. The first-order chi connectivity index (χ1) is 14.3. The SMILES string of the molecule is CC(SCC(=O)Nc1ccc(F)cc1)C(=O)OCC(=O)N(C)Cc1ccccc1F. The van der Waals surface area contributed by atoms with Crippen molar-refractivity contribution in [3.05, 3.63) is 65.7 Å². The number of amides is 2. The Bertz CT molecular complexity index is 893. The minimum absolute atomic E-state index is 0.0191. The van der Waals surface area contributed by atoms with Crippen LogP contribution in [0.25, 0.3) is 0 Å². The predicted octanol–water partition coefficient (Wildman–Crippen LogP) is 3.23. The molecule has 0 radical (unpaired) electrons. The standard InChI is InChI=1S/C21H22F2N2O4S/c1-14(30-13-19(26)24-17-9-7-16(22)8-10-17)21(28)29-12-20(27)25(2)11-15-5-3-4-6-18(15)23/h3-10,14H,11-13H2,1-2H3,(H,24,26). The lowest BCUT2D eigenvalue weighted by Crippen LogP contribution is -2.32. The van der Waals surface area contributed by atoms with Crippen LogP contribution in [0.3, 0.4) is 0 Å². The smallest absolute Gasteiger partial charge is 0.319 e. The first-order valence-corrected chi connectivity index (χ1v) is 10.1. The molecular formula is C21H22F2N2O4S. The maximum atomic E-state index is 13.7. The normalized spacial score (nSPS) is 11.5. The van der Waals surface area contributed by atoms with E-state index in [1.807, 2.05) is 0 Å². The molecular weight excluding hydrogens is 414 g/mol. The van der Waals surface area contributed by atoms with Crippen LogP contribution in [-0.4, -0.2) is 47.3 Å². The van der Waals surface area contributed by atoms with E-state index in [0.717, 1.165) is 11.8 Å². The van der Waals surface area contributed by atoms with Crippen molar-refractivity contribution < 1.29 is 27.9 Å². The molecule has 6 nitrogen and oxygen atoms in total. The molecule has 0 spiro atoms. The van der Waals surface area contributed by atoms with Gasteiger partial charge in [-0.2, -0.15) is 0 Å². The van der Waals surface area contributed by atoms with Crippen molar-refractivity contribution >= 4 is 35.2 Å². The predicted molar refractivity (Wildman–Crippen MR) is 111 cm³/mol. The van der Waals surface area contributed by atoms with Gasteiger partial charge in [0.25, 0.3) is 5.91 Å². The third-order valence-corrected chi connectivity index (χ3v) is 5.17. The van der Waals surface area contributed by atoms with Crippen molar-refractivity contribution in [2.75, 3.05) is 24.7 Å². The Hall–Kier alpha value is -2.94. The van der Waals surface area contributed by atoms with E-state index in [4.69, 9.17) is 4.74 Å². The fourth-order valence-electron chi connectivity index (χ4n) is 2.33. The van der Waals surface area contributed by atoms with Crippen molar-refractivity contribution in [2.45, 2.75) is 18.7 Å². The number of nitrogens with zero attached hydrogens (tertiary/aromatic N) is 1. The van der Waals surface area contributed by atoms with Crippen LogP contribution in [0.5, 0.6) is 0 Å². The lowest BCUT2D eigenvalue weighted by Gasteiger charge is -2.18. The number of benzene rings is 2. The minimum atomic E-state index is -0.673. The van der Waals surface area contributed by atoms with Crippen molar-refractivity contribution in [3.63, 3.8) is 0 Å². The molecule has 9 heteroatoms. The molecule has 0 heterocycles. The van der Waals surface area contributed by atoms with Gasteiger partial charge in [0.1, 0.15) is 16.9 Å². The van der Waals surface area contributed by atoms with E-state index >= 15 is 0 Å². The van der Waals surface area contributed by atoms with Gasteiger partial charge in [0.15, 0.2) is 6.61 Å². The Morgan fingerprint density at radius 1 is 1.10 bits per heavy atom. The molecule has 1 N–H and O–H groups in total. The Kier molecular flexibility index (Phi) is 8.79. The number of hydrogen-bond donors (Lipinski definition) is 1. The summed E-state index contributed by atoms with van der Waals surface area (Å²) in [6.45, 7) is 1.14. The number of anilines is 1. The summed E-state index contributed by atoms with van der Waals surface area (Å²) in [6, 6.07) is 11.4. The van der Waals surface area contributed by atoms with E-state index in [1.54, 1.807) is 25.1 Å². The summed E-state index contributed by atoms with van der Waals surface area (Å²) in [6.07, 6.45) is 0. The van der Waals surface area contributed by atoms with Gasteiger partial charge in [0, 0.05) is 24.8 Å². The molecule has 1 unspecified atom stereocenters. The Balaban J connectivity index is 1.71. The number of carbonyl (C=O) groups excluding carboxylic acids is 3. The lowest BCUT2D eigenvalue weighted by molar-refractivity contribution is -0.151. The summed E-state index contributed by atoms with van der Waals surface area (Å²) in [4.78, 5) is 37.3. The second-order valence-corrected chi connectivity index (χ2v) is 7.79. The highest BCUT2D eigenvalue weighted by molar-refractivity contribution is 8.01. The molecule has 0 saturated heterocycles. The van der Waals surface area contributed by atoms with Gasteiger partial charge in [0.05, 0.1) is 5.75 Å². The van der Waals surface area contributed by atoms with Gasteiger partial charge in [-0.3, -0.25) is 14.4 Å². The minimum Gasteiger partial charge on any atom is -0.455 e. The monoisotopic (exact) mass is 436 g/mol. The van der Waals surface area contributed by atoms with Crippen molar-refractivity contribution in [2.24, 2.45) is 0 Å². The Labute approximate surface area is 177 Å². The number of esters is 1. The first kappa shape index (κ1) is 23.3. The average Bonchev–Trinajstić information content (AvgIpc) is 2.73. The molecule has 0 fully saturated rings. The fraction of sp³-hybridized carbons (Fsp3) is 0.286. The molecule has 2 aromatic rings. The average molecular weight is 436 g/mol. The van der Waals surface area contributed by atoms with Gasteiger partial charge in [-0.05, 0) is 37.3 Å². The third kappa shape index (κ3) is 7.47. The zero-order chi connectivity index (χ0) is 22.1. The van der Waals surface area contributed by atoms with Crippen LogP contribution >= 0.6 is 11.8 Å². The summed E-state index contributed by atoms with van der Waals surface area (Å²) < 4.78 is 31.5. The van der Waals surface area contributed by atoms with Crippen molar-refractivity contribution in [3.8, 4) is 0 Å². The van der Waals surface area contributed by atoms with E-state index < -0.39 is 35.4 Å². The van der Waals surface area contributed by atoms with E-state index in [1.165, 1.54) is 42.3 Å². The Morgan fingerprint density at radius 2 is 1.77 bits per heavy atom. The molecule has 0 aliphatic rings. The molecule has 0 aliphatic heterocycles. The third-order valence-electron chi connectivity index (χ3n) is 4.05. The van der Waals surface area contributed by atoms with Crippen LogP contribution in [0.1, 0.15) is 12.5 Å². The highest BCUT2D eigenvalue weighted by Gasteiger charge is 2.19. The number of halogens is 2. The highest BCUT2D eigenvalue weighted by atomic mass is 32.2. The van der Waals surface area contributed by atoms with Crippen LogP contribution in [0, 0.1) is 11.6 Å². The zero-order valence-electron chi connectivity index (χ0n) is 16.6. The molecule has 2 aromatic carbocycles. The molecule has 2 rings (SSSR count). The zero-order valence-corrected chi connectivity index (χ0v) is 17.4. The van der Waals surface area contributed by atoms with E-state index in [2.05, 4.69) is 5.32 Å². The number of ether oxygens (including phenoxy) is 1. The molecule has 160 valence electrons. The van der Waals surface area contributed by atoms with Gasteiger partial charge in [-0.15, -0.1) is 11.8 Å².